The van der Waals surface area contributed by atoms with Crippen LogP contribution in [0.2, 0.25) is 0 Å². The molecule has 0 spiro atoms. The van der Waals surface area contributed by atoms with Crippen LogP contribution in [0.3, 0.4) is 0 Å². The molecule has 1 aromatic carbocycles. The van der Waals surface area contributed by atoms with E-state index >= 15 is 0 Å². The molecule has 0 fully saturated rings. The second-order valence-corrected chi connectivity index (χ2v) is 6.22. The van der Waals surface area contributed by atoms with Crippen molar-refractivity contribution in [3.8, 4) is 23.0 Å². The Balaban J connectivity index is 1.47. The highest BCUT2D eigenvalue weighted by Gasteiger charge is 2.19. The summed E-state index contributed by atoms with van der Waals surface area (Å²) < 4.78 is 12.1. The molecule has 0 aliphatic heterocycles. The number of nitrogens with zero attached hydrogens (tertiary/aromatic N) is 6. The van der Waals surface area contributed by atoms with Crippen molar-refractivity contribution >= 4 is 28.4 Å². The van der Waals surface area contributed by atoms with Crippen LogP contribution in [-0.2, 0) is 0 Å². The Morgan fingerprint density at radius 2 is 2.00 bits per heavy atom. The summed E-state index contributed by atoms with van der Waals surface area (Å²) in [6.07, 6.45) is 4.72. The van der Waals surface area contributed by atoms with Crippen LogP contribution >= 0.6 is 0 Å². The molecule has 150 valence electrons. The first-order valence-corrected chi connectivity index (χ1v) is 8.80. The molecule has 4 aromatic heterocycles. The zero-order chi connectivity index (χ0) is 20.7. The Kier molecular flexibility index (Phi) is 4.02. The number of rotatable bonds is 5. The van der Waals surface area contributed by atoms with Gasteiger partial charge in [0.1, 0.15) is 5.69 Å². The molecule has 0 aliphatic rings. The third-order valence-electron chi connectivity index (χ3n) is 4.43. The van der Waals surface area contributed by atoms with Crippen molar-refractivity contribution in [1.82, 2.24) is 39.7 Å². The number of fused-ring (bicyclic) bond motifs is 2. The van der Waals surface area contributed by atoms with Crippen LogP contribution in [0.5, 0.6) is 11.5 Å². The first-order valence-electron chi connectivity index (χ1n) is 8.80. The van der Waals surface area contributed by atoms with E-state index in [9.17, 15) is 4.79 Å². The van der Waals surface area contributed by atoms with Gasteiger partial charge in [-0.05, 0) is 6.07 Å². The Morgan fingerprint density at radius 1 is 1.17 bits per heavy atom. The fourth-order valence-corrected chi connectivity index (χ4v) is 3.02. The van der Waals surface area contributed by atoms with E-state index in [0.29, 0.717) is 40.0 Å². The normalized spacial score (nSPS) is 11.1. The van der Waals surface area contributed by atoms with Crippen molar-refractivity contribution in [2.75, 3.05) is 19.5 Å². The van der Waals surface area contributed by atoms with Gasteiger partial charge in [0.25, 0.3) is 11.7 Å². The van der Waals surface area contributed by atoms with Crippen molar-refractivity contribution in [2.45, 2.75) is 0 Å². The van der Waals surface area contributed by atoms with Gasteiger partial charge in [-0.25, -0.2) is 14.5 Å². The Hall–Kier alpha value is -4.48. The SMILES string of the molecule is COc1cc2nc(-c3[nH]ncc3NC(=O)c3nc4ncccn4n3)[nH]c2cc1OC. The molecule has 0 radical (unpaired) electrons. The average molecular weight is 405 g/mol. The summed E-state index contributed by atoms with van der Waals surface area (Å²) in [4.78, 5) is 28.5. The first-order chi connectivity index (χ1) is 14.7. The molecule has 4 heterocycles. The van der Waals surface area contributed by atoms with Gasteiger partial charge in [-0.3, -0.25) is 9.89 Å². The number of anilines is 1. The molecule has 0 atom stereocenters. The van der Waals surface area contributed by atoms with Gasteiger partial charge in [-0.1, -0.05) is 0 Å². The van der Waals surface area contributed by atoms with Gasteiger partial charge in [-0.15, -0.1) is 5.10 Å². The number of aromatic nitrogens is 8. The van der Waals surface area contributed by atoms with Crippen LogP contribution in [0.4, 0.5) is 5.69 Å². The highest BCUT2D eigenvalue weighted by molar-refractivity contribution is 6.03. The maximum Gasteiger partial charge on any atom is 0.295 e. The Morgan fingerprint density at radius 3 is 2.80 bits per heavy atom. The van der Waals surface area contributed by atoms with Gasteiger partial charge in [0.15, 0.2) is 17.3 Å². The fraction of sp³-hybridized carbons (Fsp3) is 0.111. The van der Waals surface area contributed by atoms with Crippen molar-refractivity contribution in [3.63, 3.8) is 0 Å². The molecular formula is C18H15N9O3. The van der Waals surface area contributed by atoms with E-state index in [1.165, 1.54) is 10.7 Å². The minimum Gasteiger partial charge on any atom is -0.493 e. The number of nitrogens with one attached hydrogen (secondary N) is 3. The van der Waals surface area contributed by atoms with Gasteiger partial charge >= 0.3 is 0 Å². The van der Waals surface area contributed by atoms with Gasteiger partial charge in [0.05, 0.1) is 37.1 Å². The molecule has 12 nitrogen and oxygen atoms in total. The van der Waals surface area contributed by atoms with Gasteiger partial charge in [0, 0.05) is 24.5 Å². The van der Waals surface area contributed by atoms with Crippen LogP contribution in [0.25, 0.3) is 28.3 Å². The van der Waals surface area contributed by atoms with Crippen LogP contribution < -0.4 is 14.8 Å². The second kappa shape index (κ2) is 6.84. The molecule has 1 amide bonds. The number of ether oxygens (including phenoxy) is 2. The van der Waals surface area contributed by atoms with Gasteiger partial charge in [0.2, 0.25) is 5.82 Å². The number of carbonyl (C=O) groups is 1. The zero-order valence-corrected chi connectivity index (χ0v) is 15.9. The predicted molar refractivity (Wildman–Crippen MR) is 106 cm³/mol. The van der Waals surface area contributed by atoms with Crippen LogP contribution in [0.1, 0.15) is 10.6 Å². The fourth-order valence-electron chi connectivity index (χ4n) is 3.02. The second-order valence-electron chi connectivity index (χ2n) is 6.22. The number of amides is 1. The largest absolute Gasteiger partial charge is 0.493 e. The Bertz CT molecular complexity index is 1310. The molecule has 0 aliphatic carbocycles. The molecule has 0 saturated heterocycles. The molecule has 0 unspecified atom stereocenters. The summed E-state index contributed by atoms with van der Waals surface area (Å²) in [5.74, 6) is 1.44. The number of methoxy groups -OCH3 is 2. The molecule has 0 bridgehead atoms. The van der Waals surface area contributed by atoms with E-state index in [4.69, 9.17) is 9.47 Å². The molecule has 3 N–H and O–H groups in total. The maximum absolute atomic E-state index is 12.6. The van der Waals surface area contributed by atoms with Crippen LogP contribution in [0, 0.1) is 0 Å². The monoisotopic (exact) mass is 405 g/mol. The standard InChI is InChI=1S/C18H15N9O3/c1-29-12-6-9-10(7-13(12)30-2)22-15(21-9)14-11(8-20-25-14)23-17(28)16-24-18-19-4-3-5-27(18)26-16/h3-8H,1-2H3,(H,20,25)(H,21,22)(H,23,28). The van der Waals surface area contributed by atoms with Crippen molar-refractivity contribution < 1.29 is 14.3 Å². The van der Waals surface area contributed by atoms with Crippen molar-refractivity contribution in [3.05, 3.63) is 42.6 Å². The topological polar surface area (TPSA) is 148 Å². The zero-order valence-electron chi connectivity index (χ0n) is 15.9. The quantitative estimate of drug-likeness (QED) is 0.400. The smallest absolute Gasteiger partial charge is 0.295 e. The molecule has 30 heavy (non-hydrogen) atoms. The summed E-state index contributed by atoms with van der Waals surface area (Å²) in [5.41, 5.74) is 2.33. The third kappa shape index (κ3) is 2.87. The van der Waals surface area contributed by atoms with Gasteiger partial charge < -0.3 is 19.8 Å². The minimum absolute atomic E-state index is 0.0140. The lowest BCUT2D eigenvalue weighted by Gasteiger charge is -2.06. The lowest BCUT2D eigenvalue weighted by Crippen LogP contribution is -2.14. The number of carbonyl (C=O) groups excluding carboxylic acids is 1. The number of hydrogen-bond donors (Lipinski definition) is 3. The average Bonchev–Trinajstić information content (AvgIpc) is 3.49. The molecule has 12 heteroatoms. The maximum atomic E-state index is 12.6. The Labute approximate surface area is 168 Å². The van der Waals surface area contributed by atoms with Crippen molar-refractivity contribution in [1.29, 1.82) is 0 Å². The summed E-state index contributed by atoms with van der Waals surface area (Å²) in [6.45, 7) is 0. The number of imidazole rings is 1. The summed E-state index contributed by atoms with van der Waals surface area (Å²) >= 11 is 0. The number of benzene rings is 1. The molecule has 0 saturated carbocycles. The lowest BCUT2D eigenvalue weighted by atomic mass is 10.3. The van der Waals surface area contributed by atoms with Crippen molar-refractivity contribution in [2.24, 2.45) is 0 Å². The van der Waals surface area contributed by atoms with E-state index in [0.717, 1.165) is 5.52 Å². The van der Waals surface area contributed by atoms with E-state index in [1.807, 2.05) is 0 Å². The van der Waals surface area contributed by atoms with E-state index in [1.54, 1.807) is 44.8 Å². The number of aromatic amines is 2. The summed E-state index contributed by atoms with van der Waals surface area (Å²) in [5, 5.41) is 13.7. The number of H-pyrrole nitrogens is 2. The minimum atomic E-state index is -0.498. The predicted octanol–water partition coefficient (Wildman–Crippen LogP) is 1.66. The van der Waals surface area contributed by atoms with Gasteiger partial charge in [-0.2, -0.15) is 10.1 Å². The van der Waals surface area contributed by atoms with Crippen LogP contribution in [0.15, 0.2) is 36.8 Å². The molecule has 5 rings (SSSR count). The highest BCUT2D eigenvalue weighted by Crippen LogP contribution is 2.33. The van der Waals surface area contributed by atoms with Crippen LogP contribution in [-0.4, -0.2) is 59.9 Å². The lowest BCUT2D eigenvalue weighted by molar-refractivity contribution is 0.101. The summed E-state index contributed by atoms with van der Waals surface area (Å²) in [7, 11) is 3.12. The number of hydrogen-bond acceptors (Lipinski definition) is 8. The highest BCUT2D eigenvalue weighted by atomic mass is 16.5. The molecular weight excluding hydrogens is 390 g/mol. The van der Waals surface area contributed by atoms with E-state index < -0.39 is 5.91 Å². The summed E-state index contributed by atoms with van der Waals surface area (Å²) in [6, 6.07) is 5.24. The third-order valence-corrected chi connectivity index (χ3v) is 4.43. The van der Waals surface area contributed by atoms with E-state index in [-0.39, 0.29) is 5.82 Å². The molecule has 5 aromatic rings. The van der Waals surface area contributed by atoms with E-state index in [2.05, 4.69) is 40.5 Å². The first kappa shape index (κ1) is 17.6.